The van der Waals surface area contributed by atoms with Gasteiger partial charge in [-0.05, 0) is 0 Å². The van der Waals surface area contributed by atoms with Gasteiger partial charge in [-0.15, -0.1) is 5.09 Å². The van der Waals surface area contributed by atoms with Crippen LogP contribution in [0.15, 0.2) is 11.6 Å². The first-order chi connectivity index (χ1) is 7.54. The summed E-state index contributed by atoms with van der Waals surface area (Å²) in [4.78, 5) is 10.4. The maximum atomic E-state index is 6.13. The van der Waals surface area contributed by atoms with Crippen LogP contribution in [-0.4, -0.2) is 12.3 Å². The molecule has 2 unspecified atom stereocenters. The third-order valence-corrected chi connectivity index (χ3v) is 18.5. The number of hydrogen-bond acceptors (Lipinski definition) is 9. The summed E-state index contributed by atoms with van der Waals surface area (Å²) >= 11 is 3.61. The first kappa shape index (κ1) is 12.3. The third kappa shape index (κ3) is 2.25. The normalized spacial score (nSPS) is 45.4. The molecule has 0 aliphatic carbocycles. The second kappa shape index (κ2) is 4.15. The predicted octanol–water partition coefficient (Wildman–Crippen LogP) is 0.863. The Hall–Kier alpha value is 1.29. The minimum Gasteiger partial charge on any atom is -0.221 e. The average molecular weight is 318 g/mol. The van der Waals surface area contributed by atoms with Crippen LogP contribution in [0.3, 0.4) is 0 Å². The van der Waals surface area contributed by atoms with Gasteiger partial charge >= 0.3 is 21.7 Å². The summed E-state index contributed by atoms with van der Waals surface area (Å²) in [6, 6.07) is 0. The van der Waals surface area contributed by atoms with Crippen LogP contribution in [0.5, 0.6) is 0 Å². The van der Waals surface area contributed by atoms with Crippen molar-refractivity contribution in [1.29, 1.82) is 0 Å². The quantitative estimate of drug-likeness (QED) is 0.327. The summed E-state index contributed by atoms with van der Waals surface area (Å²) in [7, 11) is -2.24. The van der Waals surface area contributed by atoms with Crippen LogP contribution in [0.25, 0.3) is 0 Å². The molecule has 0 bridgehead atoms. The Balaban J connectivity index is 1.87. The topological polar surface area (TPSA) is 112 Å². The van der Waals surface area contributed by atoms with Gasteiger partial charge in [0.15, 0.2) is 0 Å². The van der Waals surface area contributed by atoms with Crippen molar-refractivity contribution in [2.75, 3.05) is 12.3 Å². The van der Waals surface area contributed by atoms with Gasteiger partial charge in [-0.1, -0.05) is 0 Å². The molecule has 0 aromatic carbocycles. The molecule has 0 saturated carbocycles. The average Bonchev–Trinajstić information content (AvgIpc) is 2.73. The van der Waals surface area contributed by atoms with Gasteiger partial charge < -0.3 is 0 Å². The first-order valence-electron chi connectivity index (χ1n) is 4.67. The van der Waals surface area contributed by atoms with Crippen molar-refractivity contribution in [3.63, 3.8) is 0 Å². The second-order valence-corrected chi connectivity index (χ2v) is 16.4. The largest absolute Gasteiger partial charge is 0.386 e. The molecule has 9 N–H and O–H groups in total. The fraction of sp³-hybridized carbons (Fsp3) is 0.500. The fourth-order valence-corrected chi connectivity index (χ4v) is 22.2. The van der Waals surface area contributed by atoms with E-state index in [9.17, 15) is 0 Å². The van der Waals surface area contributed by atoms with Gasteiger partial charge in [0.05, 0.1) is 17.1 Å². The van der Waals surface area contributed by atoms with E-state index in [-0.39, 0.29) is 0 Å². The van der Waals surface area contributed by atoms with Gasteiger partial charge in [0.1, 0.15) is 11.4 Å². The smallest absolute Gasteiger partial charge is 0.221 e. The van der Waals surface area contributed by atoms with Crippen LogP contribution >= 0.6 is 44.5 Å². The molecule has 2 saturated heterocycles. The number of hydrogen-bond donors (Lipinski definition) is 7. The predicted molar refractivity (Wildman–Crippen MR) is 78.9 cm³/mol. The second-order valence-electron chi connectivity index (χ2n) is 3.57. The van der Waals surface area contributed by atoms with Gasteiger partial charge in [0.2, 0.25) is 0 Å². The molecule has 0 aromatic heterocycles. The Morgan fingerprint density at radius 3 is 2.56 bits per heavy atom. The molecule has 90 valence electrons. The Bertz CT molecular complexity index is 316. The lowest BCUT2D eigenvalue weighted by Crippen LogP contribution is -2.51. The van der Waals surface area contributed by atoms with Crippen molar-refractivity contribution in [2.24, 2.45) is 11.0 Å². The van der Waals surface area contributed by atoms with E-state index in [4.69, 9.17) is 11.0 Å². The Kier molecular flexibility index (Phi) is 3.20. The van der Waals surface area contributed by atoms with Crippen molar-refractivity contribution in [1.82, 2.24) is 24.7 Å². The van der Waals surface area contributed by atoms with Crippen molar-refractivity contribution in [2.45, 2.75) is 0 Å². The molecular formula is C4H15N7P3S2+3. The molecule has 3 aliphatic rings. The SMILES string of the molecule is N[P+]1(N)N[P+]2(NC=CS2)N[P+]2(NCCS2)N1. The highest BCUT2D eigenvalue weighted by atomic mass is 32.8. The molecule has 0 amide bonds. The molecule has 3 rings (SSSR count). The molecule has 3 aliphatic heterocycles. The summed E-state index contributed by atoms with van der Waals surface area (Å²) in [6.45, 7) is -2.37. The molecule has 16 heavy (non-hydrogen) atoms. The highest BCUT2D eigenvalue weighted by molar-refractivity contribution is 8.69. The zero-order valence-electron chi connectivity index (χ0n) is 8.38. The molecular weight excluding hydrogens is 303 g/mol. The van der Waals surface area contributed by atoms with Crippen LogP contribution in [0.2, 0.25) is 0 Å². The highest BCUT2D eigenvalue weighted by Gasteiger charge is 2.72. The van der Waals surface area contributed by atoms with Gasteiger partial charge in [0, 0.05) is 32.7 Å². The summed E-state index contributed by atoms with van der Waals surface area (Å²) in [5.74, 6) is 1.09. The van der Waals surface area contributed by atoms with Gasteiger partial charge in [-0.2, -0.15) is 11.0 Å². The Morgan fingerprint density at radius 2 is 1.94 bits per heavy atom. The van der Waals surface area contributed by atoms with E-state index in [0.717, 1.165) is 12.3 Å². The van der Waals surface area contributed by atoms with Gasteiger partial charge in [0.25, 0.3) is 0 Å². The van der Waals surface area contributed by atoms with Gasteiger partial charge in [-0.25, -0.2) is 5.09 Å². The highest BCUT2D eigenvalue weighted by Crippen LogP contribution is 2.83. The van der Waals surface area contributed by atoms with E-state index in [1.807, 2.05) is 23.0 Å². The summed E-state index contributed by atoms with van der Waals surface area (Å²) in [5, 5.41) is 8.90. The molecule has 12 heteroatoms. The maximum absolute atomic E-state index is 6.13. The summed E-state index contributed by atoms with van der Waals surface area (Å²) < 4.78 is 0. The third-order valence-electron chi connectivity index (χ3n) is 2.16. The molecule has 2 atom stereocenters. The standard InChI is InChI=1S/C4H15N7P3S2/c5-12(6)9-13(7-1-3-15-13)11-14(10-12)8-2-4-16-14/h1,3,7-11H,2,4-6H2/q+3. The maximum Gasteiger partial charge on any atom is 0.386 e. The lowest BCUT2D eigenvalue weighted by molar-refractivity contribution is 1.01. The summed E-state index contributed by atoms with van der Waals surface area (Å²) in [5.41, 5.74) is 12.3. The van der Waals surface area contributed by atoms with Crippen LogP contribution in [-0.2, 0) is 0 Å². The fourth-order valence-electron chi connectivity index (χ4n) is 1.68. The molecule has 0 aromatic rings. The Morgan fingerprint density at radius 1 is 1.12 bits per heavy atom. The molecule has 7 nitrogen and oxygen atoms in total. The summed E-state index contributed by atoms with van der Waals surface area (Å²) in [6.07, 6.45) is 1.95. The van der Waals surface area contributed by atoms with Crippen molar-refractivity contribution in [3.8, 4) is 0 Å². The minimum atomic E-state index is -2.24. The molecule has 2 fully saturated rings. The first-order valence-corrected chi connectivity index (χ1v) is 13.3. The number of rotatable bonds is 0. The van der Waals surface area contributed by atoms with Crippen molar-refractivity contribution >= 4 is 44.5 Å². The van der Waals surface area contributed by atoms with E-state index in [1.165, 1.54) is 0 Å². The van der Waals surface area contributed by atoms with E-state index >= 15 is 0 Å². The Labute approximate surface area is 104 Å². The minimum absolute atomic E-state index is 0.997. The monoisotopic (exact) mass is 318 g/mol. The van der Waals surface area contributed by atoms with E-state index in [2.05, 4.69) is 24.7 Å². The lowest BCUT2D eigenvalue weighted by Gasteiger charge is -2.32. The van der Waals surface area contributed by atoms with Crippen LogP contribution in [0, 0.1) is 0 Å². The number of nitrogens with two attached hydrogens (primary N) is 2. The lowest BCUT2D eigenvalue weighted by atomic mass is 10.8. The van der Waals surface area contributed by atoms with Crippen molar-refractivity contribution < 1.29 is 0 Å². The molecule has 2 spiro atoms. The zero-order chi connectivity index (χ0) is 11.3. The van der Waals surface area contributed by atoms with Gasteiger partial charge in [-0.3, -0.25) is 0 Å². The van der Waals surface area contributed by atoms with Crippen LogP contribution in [0.1, 0.15) is 0 Å². The van der Waals surface area contributed by atoms with Crippen LogP contribution in [0.4, 0.5) is 0 Å². The molecule has 3 heterocycles. The van der Waals surface area contributed by atoms with Crippen molar-refractivity contribution in [3.05, 3.63) is 11.6 Å². The zero-order valence-corrected chi connectivity index (χ0v) is 12.7. The van der Waals surface area contributed by atoms with Crippen LogP contribution < -0.4 is 35.8 Å². The van der Waals surface area contributed by atoms with E-state index in [0.29, 0.717) is 0 Å². The van der Waals surface area contributed by atoms with E-state index < -0.39 is 21.7 Å². The van der Waals surface area contributed by atoms with E-state index in [1.54, 1.807) is 11.4 Å². The number of nitrogens with one attached hydrogen (secondary N) is 5. The molecule has 0 radical (unpaired) electrons.